The van der Waals surface area contributed by atoms with Crippen molar-refractivity contribution in [2.45, 2.75) is 37.8 Å². The highest BCUT2D eigenvalue weighted by Crippen LogP contribution is 2.03. The van der Waals surface area contributed by atoms with Crippen molar-refractivity contribution in [1.82, 2.24) is 0 Å². The van der Waals surface area contributed by atoms with E-state index in [1.54, 1.807) is 0 Å². The fraction of sp³-hybridized carbons (Fsp3) is 0.875. The van der Waals surface area contributed by atoms with E-state index in [2.05, 4.69) is 0 Å². The lowest BCUT2D eigenvalue weighted by atomic mass is 10.0. The predicted molar refractivity (Wildman–Crippen MR) is 49.1 cm³/mol. The van der Waals surface area contributed by atoms with Gasteiger partial charge in [0.05, 0.1) is 0 Å². The monoisotopic (exact) mass is 190 g/mol. The smallest absolute Gasteiger partial charge is 0.320 e. The molecule has 5 nitrogen and oxygen atoms in total. The quantitative estimate of drug-likeness (QED) is 0.423. The van der Waals surface area contributed by atoms with Crippen LogP contribution in [0.3, 0.4) is 0 Å². The molecule has 0 saturated carbocycles. The minimum absolute atomic E-state index is 0.0500. The van der Waals surface area contributed by atoms with Crippen molar-refractivity contribution in [3.63, 3.8) is 0 Å². The Morgan fingerprint density at radius 1 is 1.23 bits per heavy atom. The van der Waals surface area contributed by atoms with Crippen LogP contribution < -0.4 is 11.5 Å². The molecule has 0 heterocycles. The number of hydrogen-bond acceptors (Lipinski definition) is 4. The minimum Gasteiger partial charge on any atom is -0.480 e. The molecule has 0 rings (SSSR count). The predicted octanol–water partition coefficient (Wildman–Crippen LogP) is -0.722. The largest absolute Gasteiger partial charge is 0.480 e. The van der Waals surface area contributed by atoms with Crippen molar-refractivity contribution in [2.24, 2.45) is 11.5 Å². The van der Waals surface area contributed by atoms with Gasteiger partial charge in [-0.15, -0.1) is 0 Å². The van der Waals surface area contributed by atoms with Crippen LogP contribution in [0.2, 0.25) is 0 Å². The second kappa shape index (κ2) is 6.82. The van der Waals surface area contributed by atoms with Gasteiger partial charge >= 0.3 is 5.97 Å². The van der Waals surface area contributed by atoms with Crippen molar-refractivity contribution in [3.8, 4) is 0 Å². The summed E-state index contributed by atoms with van der Waals surface area (Å²) >= 11 is 0. The van der Waals surface area contributed by atoms with Crippen LogP contribution in [-0.4, -0.2) is 34.9 Å². The summed E-state index contributed by atoms with van der Waals surface area (Å²) in [5.74, 6) is -0.976. The van der Waals surface area contributed by atoms with E-state index in [1.165, 1.54) is 0 Å². The normalized spacial score (nSPS) is 15.3. The molecule has 0 aromatic heterocycles. The summed E-state index contributed by atoms with van der Waals surface area (Å²) in [6.07, 6.45) is 2.40. The van der Waals surface area contributed by atoms with E-state index >= 15 is 0 Å². The number of rotatable bonds is 7. The molecule has 0 aliphatic carbocycles. The molecule has 0 saturated heterocycles. The van der Waals surface area contributed by atoms with Gasteiger partial charge in [0.1, 0.15) is 6.04 Å². The number of carboxylic acids is 1. The van der Waals surface area contributed by atoms with Gasteiger partial charge in [0.15, 0.2) is 0 Å². The molecule has 6 N–H and O–H groups in total. The van der Waals surface area contributed by atoms with Crippen LogP contribution in [0.4, 0.5) is 0 Å². The summed E-state index contributed by atoms with van der Waals surface area (Å²) < 4.78 is 0. The maximum Gasteiger partial charge on any atom is 0.320 e. The Bertz CT molecular complexity index is 152. The zero-order chi connectivity index (χ0) is 10.3. The Morgan fingerprint density at radius 3 is 2.31 bits per heavy atom. The number of hydrogen-bond donors (Lipinski definition) is 4. The first-order chi connectivity index (χ1) is 6.07. The maximum atomic E-state index is 10.3. The van der Waals surface area contributed by atoms with Gasteiger partial charge in [-0.1, -0.05) is 0 Å². The van der Waals surface area contributed by atoms with Gasteiger partial charge in [0.2, 0.25) is 0 Å². The molecule has 0 radical (unpaired) electrons. The van der Waals surface area contributed by atoms with E-state index in [9.17, 15) is 4.79 Å². The number of aliphatic carboxylic acids is 1. The number of aliphatic hydroxyl groups is 1. The van der Waals surface area contributed by atoms with E-state index < -0.39 is 12.0 Å². The molecule has 0 aliphatic rings. The number of aliphatic hydroxyl groups excluding tert-OH is 1. The van der Waals surface area contributed by atoms with Gasteiger partial charge < -0.3 is 21.7 Å². The SMILES string of the molecule is NC(CCO)CCC[C@H](N)C(=O)O. The zero-order valence-electron chi connectivity index (χ0n) is 7.65. The third-order valence-corrected chi connectivity index (χ3v) is 1.91. The topological polar surface area (TPSA) is 110 Å². The standard InChI is InChI=1S/C8H18N2O3/c9-6(4-5-11)2-1-3-7(10)8(12)13/h6-7,11H,1-5,9-10H2,(H,12,13)/t6?,7-/m0/s1. The van der Waals surface area contributed by atoms with E-state index in [0.29, 0.717) is 25.7 Å². The summed E-state index contributed by atoms with van der Waals surface area (Å²) in [6.45, 7) is 0.0755. The third-order valence-electron chi connectivity index (χ3n) is 1.91. The van der Waals surface area contributed by atoms with Crippen molar-refractivity contribution in [1.29, 1.82) is 0 Å². The molecule has 0 fully saturated rings. The van der Waals surface area contributed by atoms with Crippen molar-refractivity contribution in [3.05, 3.63) is 0 Å². The summed E-state index contributed by atoms with van der Waals surface area (Å²) in [6, 6.07) is -0.840. The van der Waals surface area contributed by atoms with Gasteiger partial charge in [-0.25, -0.2) is 0 Å². The Balaban J connectivity index is 3.39. The molecule has 2 atom stereocenters. The maximum absolute atomic E-state index is 10.3. The molecule has 1 unspecified atom stereocenters. The second-order valence-electron chi connectivity index (χ2n) is 3.15. The van der Waals surface area contributed by atoms with Gasteiger partial charge in [0.25, 0.3) is 0 Å². The van der Waals surface area contributed by atoms with Gasteiger partial charge in [0, 0.05) is 12.6 Å². The third kappa shape index (κ3) is 6.51. The summed E-state index contributed by atoms with van der Waals surface area (Å²) in [4.78, 5) is 10.3. The average Bonchev–Trinajstić information content (AvgIpc) is 2.04. The molecule has 78 valence electrons. The molecule has 13 heavy (non-hydrogen) atoms. The van der Waals surface area contributed by atoms with E-state index in [1.807, 2.05) is 0 Å². The number of carbonyl (C=O) groups is 1. The molecule has 0 bridgehead atoms. The molecule has 0 spiro atoms. The first-order valence-electron chi connectivity index (χ1n) is 4.42. The summed E-state index contributed by atoms with van der Waals surface area (Å²) in [5, 5.41) is 17.0. The fourth-order valence-corrected chi connectivity index (χ4v) is 1.03. The Hall–Kier alpha value is -0.650. The molecule has 5 heteroatoms. The lowest BCUT2D eigenvalue weighted by Crippen LogP contribution is -2.30. The molecular formula is C8H18N2O3. The number of carboxylic acid groups (broad SMARTS) is 1. The lowest BCUT2D eigenvalue weighted by molar-refractivity contribution is -0.138. The molecule has 0 aliphatic heterocycles. The highest BCUT2D eigenvalue weighted by atomic mass is 16.4. The second-order valence-corrected chi connectivity index (χ2v) is 3.15. The van der Waals surface area contributed by atoms with Crippen LogP contribution in [0.5, 0.6) is 0 Å². The van der Waals surface area contributed by atoms with Gasteiger partial charge in [-0.05, 0) is 25.7 Å². The van der Waals surface area contributed by atoms with Crippen LogP contribution in [0.15, 0.2) is 0 Å². The highest BCUT2D eigenvalue weighted by Gasteiger charge is 2.11. The highest BCUT2D eigenvalue weighted by molar-refractivity contribution is 5.72. The summed E-state index contributed by atoms with van der Waals surface area (Å²) in [5.41, 5.74) is 10.9. The van der Waals surface area contributed by atoms with Crippen LogP contribution in [0.1, 0.15) is 25.7 Å². The summed E-state index contributed by atoms with van der Waals surface area (Å²) in [7, 11) is 0. The zero-order valence-corrected chi connectivity index (χ0v) is 7.65. The van der Waals surface area contributed by atoms with E-state index in [4.69, 9.17) is 21.7 Å². The molecule has 0 aromatic rings. The van der Waals surface area contributed by atoms with Crippen molar-refractivity contribution < 1.29 is 15.0 Å². The average molecular weight is 190 g/mol. The Morgan fingerprint density at radius 2 is 1.85 bits per heavy atom. The minimum atomic E-state index is -0.976. The Labute approximate surface area is 77.7 Å². The molecular weight excluding hydrogens is 172 g/mol. The van der Waals surface area contributed by atoms with Gasteiger partial charge in [-0.2, -0.15) is 0 Å². The first kappa shape index (κ1) is 12.3. The van der Waals surface area contributed by atoms with E-state index in [0.717, 1.165) is 0 Å². The first-order valence-corrected chi connectivity index (χ1v) is 4.42. The van der Waals surface area contributed by atoms with Crippen molar-refractivity contribution >= 4 is 5.97 Å². The molecule has 0 amide bonds. The van der Waals surface area contributed by atoms with Crippen LogP contribution in [0.25, 0.3) is 0 Å². The molecule has 0 aromatic carbocycles. The number of nitrogens with two attached hydrogens (primary N) is 2. The Kier molecular flexibility index (Phi) is 6.48. The van der Waals surface area contributed by atoms with Crippen LogP contribution in [0, 0.1) is 0 Å². The fourth-order valence-electron chi connectivity index (χ4n) is 1.03. The van der Waals surface area contributed by atoms with Crippen LogP contribution >= 0.6 is 0 Å². The lowest BCUT2D eigenvalue weighted by Gasteiger charge is -2.10. The van der Waals surface area contributed by atoms with Gasteiger partial charge in [-0.3, -0.25) is 4.79 Å². The van der Waals surface area contributed by atoms with E-state index in [-0.39, 0.29) is 12.6 Å². The van der Waals surface area contributed by atoms with Crippen molar-refractivity contribution in [2.75, 3.05) is 6.61 Å². The van der Waals surface area contributed by atoms with Crippen LogP contribution in [-0.2, 0) is 4.79 Å².